The SMILES string of the molecule is CCCCCCCCCCCCCCCCCCCC(=O)NC(COC1OC(CO)C(OC2OC(CO)C(OC3OC(CO)C(O)C(O)C3CC(C)=O)C(OC3(C(=O)O)CC(O)C(NC(C)=O)C(C(O)C(CO)OC4(C(=O)O)CC(O)C(NC(C)=O)C(C(O)C(CO)OC5(C(=O)O)CC(O)C(NC(C)=O)C(C(O)C(O)CO)O5)O4)O3)C2O)C(O)C1O)C(O)CCCCCCCCCCCCCCC. The molecule has 6 rings (SSSR count). The van der Waals surface area contributed by atoms with Crippen LogP contribution in [0.1, 0.15) is 273 Å². The maximum Gasteiger partial charge on any atom is 0.364 e. The second-order valence-electron chi connectivity index (χ2n) is 37.8. The molecule has 0 spiro atoms. The van der Waals surface area contributed by atoms with Crippen LogP contribution in [0, 0.1) is 5.92 Å². The van der Waals surface area contributed by atoms with E-state index in [1.807, 2.05) is 0 Å². The van der Waals surface area contributed by atoms with Crippen molar-refractivity contribution >= 4 is 47.3 Å². The minimum Gasteiger partial charge on any atom is -0.477 e. The second kappa shape index (κ2) is 61.2. The van der Waals surface area contributed by atoms with Gasteiger partial charge in [0.15, 0.2) is 18.9 Å². The predicted octanol–water partition coefficient (Wildman–Crippen LogP) is -2.42. The summed E-state index contributed by atoms with van der Waals surface area (Å²) in [6.07, 6.45) is -32.9. The number of unbranched alkanes of at least 4 members (excludes halogenated alkanes) is 28. The lowest BCUT2D eigenvalue weighted by atomic mass is 9.86. The van der Waals surface area contributed by atoms with Gasteiger partial charge in [0.2, 0.25) is 23.6 Å². The highest BCUT2D eigenvalue weighted by molar-refractivity contribution is 5.79. The number of nitrogens with one attached hydrogen (secondary N) is 4. The Kier molecular flexibility index (Phi) is 53.9. The average Bonchev–Trinajstić information content (AvgIpc) is 0.748. The minimum atomic E-state index is -3.70. The van der Waals surface area contributed by atoms with E-state index in [0.29, 0.717) is 12.8 Å². The first kappa shape index (κ1) is 121. The number of carboxylic acid groups (broad SMARTS) is 3. The van der Waals surface area contributed by atoms with Gasteiger partial charge in [-0.1, -0.05) is 200 Å². The van der Waals surface area contributed by atoms with E-state index < -0.39 is 332 Å². The van der Waals surface area contributed by atoms with Gasteiger partial charge >= 0.3 is 17.9 Å². The molecule has 0 saturated carbocycles. The highest BCUT2D eigenvalue weighted by Crippen LogP contribution is 2.45. The number of carboxylic acids is 3. The molecule has 35 atom stereocenters. The Labute approximate surface area is 804 Å². The number of Topliss-reactive ketones (excluding diaryl/α,β-unsaturated/α-hetero) is 1. The van der Waals surface area contributed by atoms with Crippen LogP contribution < -0.4 is 21.3 Å². The van der Waals surface area contributed by atoms with Crippen molar-refractivity contribution in [1.29, 1.82) is 0 Å². The van der Waals surface area contributed by atoms with Crippen molar-refractivity contribution in [3.05, 3.63) is 0 Å². The zero-order valence-corrected chi connectivity index (χ0v) is 80.4. The number of hydrogen-bond donors (Lipinski definition) is 26. The Bertz CT molecular complexity index is 3550. The highest BCUT2D eigenvalue weighted by atomic mass is 16.8. The van der Waals surface area contributed by atoms with Crippen molar-refractivity contribution in [2.75, 3.05) is 46.2 Å². The van der Waals surface area contributed by atoms with Crippen LogP contribution in [-0.2, 0) is 95.2 Å². The van der Waals surface area contributed by atoms with Crippen LogP contribution in [0.2, 0.25) is 0 Å². The molecule has 6 heterocycles. The molecule has 0 bridgehead atoms. The van der Waals surface area contributed by atoms with E-state index >= 15 is 0 Å². The van der Waals surface area contributed by atoms with Crippen LogP contribution in [0.25, 0.3) is 0 Å². The molecule has 6 fully saturated rings. The summed E-state index contributed by atoms with van der Waals surface area (Å²) in [6.45, 7) is -0.497. The molecule has 0 radical (unpaired) electrons. The lowest BCUT2D eigenvalue weighted by Gasteiger charge is -2.53. The van der Waals surface area contributed by atoms with E-state index in [0.717, 1.165) is 98.3 Å². The molecule has 26 N–H and O–H groups in total. The van der Waals surface area contributed by atoms with Gasteiger partial charge < -0.3 is 195 Å². The number of amides is 4. The van der Waals surface area contributed by atoms with Crippen molar-refractivity contribution in [3.8, 4) is 0 Å². The number of hydrogen-bond acceptors (Lipinski definition) is 39. The van der Waals surface area contributed by atoms with Gasteiger partial charge in [-0.2, -0.15) is 0 Å². The van der Waals surface area contributed by atoms with E-state index in [-0.39, 0.29) is 12.8 Å². The quantitative estimate of drug-likeness (QED) is 0.0282. The second-order valence-corrected chi connectivity index (χ2v) is 37.8. The first-order valence-corrected chi connectivity index (χ1v) is 49.4. The van der Waals surface area contributed by atoms with Crippen LogP contribution in [0.4, 0.5) is 0 Å². The summed E-state index contributed by atoms with van der Waals surface area (Å²) in [5, 5.41) is 261. The molecular formula is C92H162N4O42. The summed E-state index contributed by atoms with van der Waals surface area (Å²) in [4.78, 5) is 107. The molecule has 0 aromatic heterocycles. The van der Waals surface area contributed by atoms with Crippen molar-refractivity contribution in [3.63, 3.8) is 0 Å². The molecule has 0 aromatic carbocycles. The number of carbonyl (C=O) groups excluding carboxylic acids is 5. The Balaban J connectivity index is 1.30. The van der Waals surface area contributed by atoms with E-state index in [1.165, 1.54) is 109 Å². The fourth-order valence-electron chi connectivity index (χ4n) is 18.9. The van der Waals surface area contributed by atoms with Crippen LogP contribution in [0.5, 0.6) is 0 Å². The van der Waals surface area contributed by atoms with Gasteiger partial charge in [0.05, 0.1) is 101 Å². The third kappa shape index (κ3) is 35.6. The molecule has 35 unspecified atom stereocenters. The molecule has 46 nitrogen and oxygen atoms in total. The van der Waals surface area contributed by atoms with Crippen molar-refractivity contribution in [2.45, 2.75) is 480 Å². The van der Waals surface area contributed by atoms with Crippen LogP contribution in [-0.4, -0.2) is 413 Å². The first-order chi connectivity index (χ1) is 65.6. The lowest BCUT2D eigenvalue weighted by molar-refractivity contribution is -0.404. The van der Waals surface area contributed by atoms with Crippen molar-refractivity contribution in [2.24, 2.45) is 5.92 Å². The molecule has 6 aliphatic rings. The third-order valence-corrected chi connectivity index (χ3v) is 26.6. The smallest absolute Gasteiger partial charge is 0.364 e. The van der Waals surface area contributed by atoms with Gasteiger partial charge in [-0.15, -0.1) is 0 Å². The highest BCUT2D eigenvalue weighted by Gasteiger charge is 2.65. The van der Waals surface area contributed by atoms with Gasteiger partial charge in [-0.3, -0.25) is 19.2 Å². The first-order valence-electron chi connectivity index (χ1n) is 49.4. The fourth-order valence-corrected chi connectivity index (χ4v) is 18.9. The molecule has 6 saturated heterocycles. The maximum atomic E-state index is 14.4. The van der Waals surface area contributed by atoms with Gasteiger partial charge in [-0.25, -0.2) is 14.4 Å². The van der Waals surface area contributed by atoms with Gasteiger partial charge in [0.25, 0.3) is 17.4 Å². The van der Waals surface area contributed by atoms with E-state index in [4.69, 9.17) is 56.8 Å². The van der Waals surface area contributed by atoms with Crippen LogP contribution in [0.15, 0.2) is 0 Å². The molecule has 138 heavy (non-hydrogen) atoms. The Morgan fingerprint density at radius 3 is 1.13 bits per heavy atom. The summed E-state index contributed by atoms with van der Waals surface area (Å²) >= 11 is 0. The summed E-state index contributed by atoms with van der Waals surface area (Å²) < 4.78 is 72.1. The molecule has 46 heteroatoms. The molecule has 802 valence electrons. The number of carbonyl (C=O) groups is 8. The number of ether oxygens (including phenoxy) is 12. The summed E-state index contributed by atoms with van der Waals surface area (Å²) in [5.41, 5.74) is 0. The zero-order valence-electron chi connectivity index (χ0n) is 80.4. The lowest BCUT2D eigenvalue weighted by Crippen LogP contribution is -2.72. The predicted molar refractivity (Wildman–Crippen MR) is 479 cm³/mol. The van der Waals surface area contributed by atoms with Gasteiger partial charge in [0.1, 0.15) is 122 Å². The van der Waals surface area contributed by atoms with Crippen molar-refractivity contribution in [1.82, 2.24) is 21.3 Å². The average molecular weight is 2000 g/mol. The zero-order chi connectivity index (χ0) is 102. The number of rotatable bonds is 67. The number of ketones is 1. The Morgan fingerprint density at radius 1 is 0.384 bits per heavy atom. The molecule has 4 amide bonds. The molecular weight excluding hydrogens is 1830 g/mol. The number of aliphatic carboxylic acids is 3. The normalized spacial score (nSPS) is 33.6. The topological polar surface area (TPSA) is 741 Å². The Hall–Kier alpha value is -5.28. The van der Waals surface area contributed by atoms with E-state index in [9.17, 15) is 151 Å². The standard InChI is InChI=1S/C92H162N4O42/c1-7-9-11-13-15-17-19-21-22-23-24-26-28-30-32-34-36-38-66(112)96-55(56(107)37-35-33-31-29-27-25-20-18-16-14-12-10-8-2)49-127-85-76(119)75(118)78(64(47-101)129-85)131-86-77(120)83(79(65(48-102)130-86)132-84-54(39-50(3)103)70(113)72(115)61(44-98)128-84)138-92(89(125)126)42-59(110)69(95-53(6)106)82(137-92)74(117)63(46-100)134-91(88(123)124)41-58(109)68(94-52(5)105)81(136-91)73(116)62(45-99)133-90(87(121)122)40-57(108)67(93-51(4)104)80(135-90)71(114)60(111)43-97/h54-65,67-86,97-102,107-111,113-120H,7-49H2,1-6H3,(H,93,104)(H,94,105)(H,95,106)(H,96,112)(H,121,122)(H,123,124)(H,125,126). The van der Waals surface area contributed by atoms with E-state index in [2.05, 4.69) is 35.1 Å². The third-order valence-electron chi connectivity index (χ3n) is 26.6. The molecule has 6 aliphatic heterocycles. The summed E-state index contributed by atoms with van der Waals surface area (Å²) in [5.74, 6) is -23.5. The molecule has 0 aliphatic carbocycles. The van der Waals surface area contributed by atoms with E-state index in [1.54, 1.807) is 0 Å². The number of aliphatic hydroxyl groups is 19. The van der Waals surface area contributed by atoms with Crippen LogP contribution >= 0.6 is 0 Å². The van der Waals surface area contributed by atoms with Gasteiger partial charge in [0, 0.05) is 58.8 Å². The maximum absolute atomic E-state index is 14.4. The number of aliphatic hydroxyl groups excluding tert-OH is 19. The monoisotopic (exact) mass is 2000 g/mol. The summed E-state index contributed by atoms with van der Waals surface area (Å²) in [6, 6.07) is -7.20. The summed E-state index contributed by atoms with van der Waals surface area (Å²) in [7, 11) is 0. The minimum absolute atomic E-state index is 0.107. The van der Waals surface area contributed by atoms with Crippen LogP contribution in [0.3, 0.4) is 0 Å². The molecule has 0 aromatic rings. The fraction of sp³-hybridized carbons (Fsp3) is 0.913. The van der Waals surface area contributed by atoms with Gasteiger partial charge in [-0.05, 0) is 19.8 Å². The largest absolute Gasteiger partial charge is 0.477 e. The Morgan fingerprint density at radius 2 is 0.746 bits per heavy atom. The van der Waals surface area contributed by atoms with Crippen molar-refractivity contribution < 1.29 is 208 Å².